The van der Waals surface area contributed by atoms with E-state index in [0.29, 0.717) is 31.0 Å². The van der Waals surface area contributed by atoms with Crippen molar-refractivity contribution in [2.45, 2.75) is 45.2 Å². The van der Waals surface area contributed by atoms with E-state index in [1.54, 1.807) is 0 Å². The summed E-state index contributed by atoms with van der Waals surface area (Å²) in [5, 5.41) is 3.54. The van der Waals surface area contributed by atoms with Crippen molar-refractivity contribution in [2.75, 3.05) is 26.2 Å². The Bertz CT molecular complexity index is 398. The maximum atomic E-state index is 12.6. The van der Waals surface area contributed by atoms with Crippen LogP contribution in [-0.4, -0.2) is 59.9 Å². The number of hydrogen-bond donors (Lipinski definition) is 1. The highest BCUT2D eigenvalue weighted by Gasteiger charge is 2.40. The van der Waals surface area contributed by atoms with E-state index in [-0.39, 0.29) is 17.7 Å². The molecular weight excluding hydrogens is 254 g/mol. The molecule has 3 fully saturated rings. The molecule has 0 unspecified atom stereocenters. The molecule has 2 amide bonds. The largest absolute Gasteiger partial charge is 0.342 e. The van der Waals surface area contributed by atoms with Crippen LogP contribution in [0.5, 0.6) is 0 Å². The standard InChI is InChI=1S/C15H25N3O2/c1-10(2)6-17-7-11(5-14(17)19)15(20)18-8-12-3-4-13(9-18)16-12/h10-13,16H,3-9H2,1-2H3/t11-,12-,13+/m0/s1. The van der Waals surface area contributed by atoms with Crippen LogP contribution >= 0.6 is 0 Å². The molecule has 5 nitrogen and oxygen atoms in total. The number of hydrogen-bond acceptors (Lipinski definition) is 3. The molecule has 3 saturated heterocycles. The summed E-state index contributed by atoms with van der Waals surface area (Å²) in [4.78, 5) is 28.5. The molecule has 0 saturated carbocycles. The molecule has 20 heavy (non-hydrogen) atoms. The van der Waals surface area contributed by atoms with Gasteiger partial charge in [0.15, 0.2) is 0 Å². The average molecular weight is 279 g/mol. The van der Waals surface area contributed by atoms with Crippen molar-refractivity contribution in [3.8, 4) is 0 Å². The molecule has 3 rings (SSSR count). The Hall–Kier alpha value is -1.10. The predicted octanol–water partition coefficient (Wildman–Crippen LogP) is 0.454. The Morgan fingerprint density at radius 1 is 1.25 bits per heavy atom. The van der Waals surface area contributed by atoms with E-state index in [0.717, 1.165) is 19.6 Å². The second-order valence-electron chi connectivity index (χ2n) is 6.97. The van der Waals surface area contributed by atoms with E-state index in [1.165, 1.54) is 12.8 Å². The summed E-state index contributed by atoms with van der Waals surface area (Å²) in [5.74, 6) is 0.694. The molecule has 0 aromatic carbocycles. The molecule has 0 radical (unpaired) electrons. The summed E-state index contributed by atoms with van der Waals surface area (Å²) >= 11 is 0. The highest BCUT2D eigenvalue weighted by atomic mass is 16.2. The fourth-order valence-electron chi connectivity index (χ4n) is 3.79. The smallest absolute Gasteiger partial charge is 0.228 e. The zero-order valence-corrected chi connectivity index (χ0v) is 12.5. The first-order valence-electron chi connectivity index (χ1n) is 7.85. The average Bonchev–Trinajstić information content (AvgIpc) is 2.91. The monoisotopic (exact) mass is 279 g/mol. The lowest BCUT2D eigenvalue weighted by atomic mass is 10.1. The van der Waals surface area contributed by atoms with E-state index in [9.17, 15) is 9.59 Å². The summed E-state index contributed by atoms with van der Waals surface area (Å²) in [7, 11) is 0. The molecule has 0 aromatic rings. The third kappa shape index (κ3) is 2.68. The first kappa shape index (κ1) is 13.9. The number of piperazine rings is 1. The molecule has 3 aliphatic heterocycles. The minimum absolute atomic E-state index is 0.112. The molecule has 1 N–H and O–H groups in total. The molecular formula is C15H25N3O2. The van der Waals surface area contributed by atoms with Crippen LogP contribution in [0.3, 0.4) is 0 Å². The van der Waals surface area contributed by atoms with Gasteiger partial charge in [-0.1, -0.05) is 13.8 Å². The van der Waals surface area contributed by atoms with Gasteiger partial charge in [-0.2, -0.15) is 0 Å². The number of amides is 2. The van der Waals surface area contributed by atoms with Gasteiger partial charge in [-0.3, -0.25) is 9.59 Å². The normalized spacial score (nSPS) is 33.4. The SMILES string of the molecule is CC(C)CN1C[C@@H](C(=O)N2C[C@H]3CC[C@@H](C2)N3)CC1=O. The van der Waals surface area contributed by atoms with E-state index in [2.05, 4.69) is 19.2 Å². The van der Waals surface area contributed by atoms with Gasteiger partial charge in [0.1, 0.15) is 0 Å². The van der Waals surface area contributed by atoms with Crippen LogP contribution in [-0.2, 0) is 9.59 Å². The van der Waals surface area contributed by atoms with E-state index in [1.807, 2.05) is 9.80 Å². The molecule has 2 bridgehead atoms. The second kappa shape index (κ2) is 5.35. The Morgan fingerprint density at radius 2 is 1.90 bits per heavy atom. The van der Waals surface area contributed by atoms with Crippen molar-refractivity contribution in [1.82, 2.24) is 15.1 Å². The summed E-state index contributed by atoms with van der Waals surface area (Å²) in [5.41, 5.74) is 0. The third-order valence-electron chi connectivity index (χ3n) is 4.68. The summed E-state index contributed by atoms with van der Waals surface area (Å²) < 4.78 is 0. The van der Waals surface area contributed by atoms with Gasteiger partial charge in [-0.25, -0.2) is 0 Å². The zero-order chi connectivity index (χ0) is 14.3. The first-order valence-corrected chi connectivity index (χ1v) is 7.85. The summed E-state index contributed by atoms with van der Waals surface area (Å²) in [6, 6.07) is 0.947. The summed E-state index contributed by atoms with van der Waals surface area (Å²) in [6.07, 6.45) is 2.76. The number of carbonyl (C=O) groups excluding carboxylic acids is 2. The highest BCUT2D eigenvalue weighted by molar-refractivity contribution is 5.89. The number of rotatable bonds is 3. The molecule has 3 aliphatic rings. The molecule has 0 aliphatic carbocycles. The highest BCUT2D eigenvalue weighted by Crippen LogP contribution is 2.25. The van der Waals surface area contributed by atoms with Gasteiger partial charge in [0.25, 0.3) is 0 Å². The van der Waals surface area contributed by atoms with Crippen molar-refractivity contribution in [2.24, 2.45) is 11.8 Å². The lowest BCUT2D eigenvalue weighted by Crippen LogP contribution is -2.54. The maximum absolute atomic E-state index is 12.6. The quantitative estimate of drug-likeness (QED) is 0.816. The van der Waals surface area contributed by atoms with Crippen LogP contribution in [0.4, 0.5) is 0 Å². The van der Waals surface area contributed by atoms with Crippen LogP contribution in [0, 0.1) is 11.8 Å². The van der Waals surface area contributed by atoms with Gasteiger partial charge in [-0.05, 0) is 18.8 Å². The third-order valence-corrected chi connectivity index (χ3v) is 4.68. The fraction of sp³-hybridized carbons (Fsp3) is 0.867. The minimum Gasteiger partial charge on any atom is -0.342 e. The molecule has 3 atom stereocenters. The van der Waals surface area contributed by atoms with Crippen molar-refractivity contribution in [3.63, 3.8) is 0 Å². The molecule has 0 spiro atoms. The van der Waals surface area contributed by atoms with Gasteiger partial charge in [0, 0.05) is 44.7 Å². The predicted molar refractivity (Wildman–Crippen MR) is 76.1 cm³/mol. The molecule has 0 aromatic heterocycles. The van der Waals surface area contributed by atoms with Crippen molar-refractivity contribution in [1.29, 1.82) is 0 Å². The van der Waals surface area contributed by atoms with Crippen molar-refractivity contribution in [3.05, 3.63) is 0 Å². The van der Waals surface area contributed by atoms with Crippen LogP contribution < -0.4 is 5.32 Å². The lowest BCUT2D eigenvalue weighted by Gasteiger charge is -2.34. The van der Waals surface area contributed by atoms with Crippen LogP contribution in [0.1, 0.15) is 33.1 Å². The molecule has 112 valence electrons. The Labute approximate surface area is 120 Å². The number of nitrogens with zero attached hydrogens (tertiary/aromatic N) is 2. The van der Waals surface area contributed by atoms with Crippen LogP contribution in [0.15, 0.2) is 0 Å². The van der Waals surface area contributed by atoms with Crippen molar-refractivity contribution < 1.29 is 9.59 Å². The van der Waals surface area contributed by atoms with E-state index >= 15 is 0 Å². The Balaban J connectivity index is 1.59. The Morgan fingerprint density at radius 3 is 2.50 bits per heavy atom. The van der Waals surface area contributed by atoms with E-state index in [4.69, 9.17) is 0 Å². The van der Waals surface area contributed by atoms with Gasteiger partial charge in [-0.15, -0.1) is 0 Å². The first-order chi connectivity index (χ1) is 9.52. The number of carbonyl (C=O) groups is 2. The van der Waals surface area contributed by atoms with Crippen LogP contribution in [0.25, 0.3) is 0 Å². The van der Waals surface area contributed by atoms with E-state index < -0.39 is 0 Å². The van der Waals surface area contributed by atoms with Crippen molar-refractivity contribution >= 4 is 11.8 Å². The van der Waals surface area contributed by atoms with Gasteiger partial charge in [0.2, 0.25) is 11.8 Å². The topological polar surface area (TPSA) is 52.7 Å². The number of nitrogens with one attached hydrogen (secondary N) is 1. The Kier molecular flexibility index (Phi) is 3.71. The summed E-state index contributed by atoms with van der Waals surface area (Å²) in [6.45, 7) is 7.26. The van der Waals surface area contributed by atoms with Gasteiger partial charge < -0.3 is 15.1 Å². The maximum Gasteiger partial charge on any atom is 0.228 e. The fourth-order valence-corrected chi connectivity index (χ4v) is 3.79. The molecule has 5 heteroatoms. The lowest BCUT2D eigenvalue weighted by molar-refractivity contribution is -0.137. The molecule has 3 heterocycles. The van der Waals surface area contributed by atoms with Gasteiger partial charge >= 0.3 is 0 Å². The van der Waals surface area contributed by atoms with Gasteiger partial charge in [0.05, 0.1) is 5.92 Å². The zero-order valence-electron chi connectivity index (χ0n) is 12.5. The number of likely N-dealkylation sites (tertiary alicyclic amines) is 2. The minimum atomic E-state index is -0.112. The second-order valence-corrected chi connectivity index (χ2v) is 6.97. The van der Waals surface area contributed by atoms with Crippen LogP contribution in [0.2, 0.25) is 0 Å². The number of fused-ring (bicyclic) bond motifs is 2.